The van der Waals surface area contributed by atoms with Gasteiger partial charge in [0.1, 0.15) is 12.2 Å². The van der Waals surface area contributed by atoms with E-state index in [4.69, 9.17) is 15.0 Å². The summed E-state index contributed by atoms with van der Waals surface area (Å²) in [6.07, 6.45) is -0.325. The van der Waals surface area contributed by atoms with Crippen molar-refractivity contribution in [2.24, 2.45) is 5.73 Å². The van der Waals surface area contributed by atoms with Crippen LogP contribution in [0.1, 0.15) is 44.2 Å². The van der Waals surface area contributed by atoms with E-state index in [9.17, 15) is 5.11 Å². The maximum Gasteiger partial charge on any atom is 0.256 e. The van der Waals surface area contributed by atoms with Crippen LogP contribution in [0.5, 0.6) is 0 Å². The monoisotopic (exact) mass is 215 g/mol. The SMILES string of the molecule is CCOC(CC)c1noc([C@@H](O)CN)n1. The zero-order chi connectivity index (χ0) is 11.3. The van der Waals surface area contributed by atoms with Crippen LogP contribution >= 0.6 is 0 Å². The molecular formula is C9H17N3O3. The van der Waals surface area contributed by atoms with E-state index in [-0.39, 0.29) is 18.5 Å². The molecule has 2 atom stereocenters. The molecule has 0 amide bonds. The Morgan fingerprint density at radius 1 is 1.53 bits per heavy atom. The smallest absolute Gasteiger partial charge is 0.256 e. The number of nitrogens with zero attached hydrogens (tertiary/aromatic N) is 2. The molecule has 6 heteroatoms. The lowest BCUT2D eigenvalue weighted by Crippen LogP contribution is -2.12. The highest BCUT2D eigenvalue weighted by molar-refractivity contribution is 4.93. The van der Waals surface area contributed by atoms with E-state index in [0.29, 0.717) is 12.4 Å². The summed E-state index contributed by atoms with van der Waals surface area (Å²) in [5, 5.41) is 13.1. The Labute approximate surface area is 88.4 Å². The first-order valence-electron chi connectivity index (χ1n) is 5.06. The summed E-state index contributed by atoms with van der Waals surface area (Å²) in [5.41, 5.74) is 5.27. The normalized spacial score (nSPS) is 15.2. The number of hydrogen-bond donors (Lipinski definition) is 2. The van der Waals surface area contributed by atoms with Crippen molar-refractivity contribution in [1.82, 2.24) is 10.1 Å². The van der Waals surface area contributed by atoms with Crippen LogP contribution in [0.25, 0.3) is 0 Å². The Hall–Kier alpha value is -0.980. The molecule has 1 unspecified atom stereocenters. The third-order valence-electron chi connectivity index (χ3n) is 1.99. The fraction of sp³-hybridized carbons (Fsp3) is 0.778. The summed E-state index contributed by atoms with van der Waals surface area (Å²) < 4.78 is 10.3. The number of aliphatic hydroxyl groups excluding tert-OH is 1. The molecule has 0 spiro atoms. The maximum absolute atomic E-state index is 9.36. The maximum atomic E-state index is 9.36. The lowest BCUT2D eigenvalue weighted by Gasteiger charge is -2.09. The van der Waals surface area contributed by atoms with Crippen molar-refractivity contribution in [3.63, 3.8) is 0 Å². The number of ether oxygens (including phenoxy) is 1. The second-order valence-electron chi connectivity index (χ2n) is 3.09. The van der Waals surface area contributed by atoms with Crippen LogP contribution in [0.2, 0.25) is 0 Å². The van der Waals surface area contributed by atoms with Gasteiger partial charge >= 0.3 is 0 Å². The van der Waals surface area contributed by atoms with E-state index in [1.807, 2.05) is 13.8 Å². The van der Waals surface area contributed by atoms with E-state index in [1.54, 1.807) is 0 Å². The van der Waals surface area contributed by atoms with Crippen LogP contribution in [0.15, 0.2) is 4.52 Å². The summed E-state index contributed by atoms with van der Waals surface area (Å²) >= 11 is 0. The Kier molecular flexibility index (Phi) is 4.67. The molecule has 0 saturated carbocycles. The minimum absolute atomic E-state index is 0.0626. The van der Waals surface area contributed by atoms with Gasteiger partial charge in [-0.15, -0.1) is 0 Å². The molecule has 0 aliphatic carbocycles. The van der Waals surface area contributed by atoms with Crippen LogP contribution < -0.4 is 5.73 Å². The van der Waals surface area contributed by atoms with Crippen molar-refractivity contribution >= 4 is 0 Å². The fourth-order valence-corrected chi connectivity index (χ4v) is 1.19. The molecule has 0 aromatic carbocycles. The van der Waals surface area contributed by atoms with E-state index in [2.05, 4.69) is 10.1 Å². The molecule has 6 nitrogen and oxygen atoms in total. The Morgan fingerprint density at radius 3 is 2.80 bits per heavy atom. The third-order valence-corrected chi connectivity index (χ3v) is 1.99. The molecule has 1 aromatic heterocycles. The number of aliphatic hydroxyl groups is 1. The first-order chi connectivity index (χ1) is 7.22. The number of nitrogens with two attached hydrogens (primary N) is 1. The van der Waals surface area contributed by atoms with Crippen molar-refractivity contribution in [3.05, 3.63) is 11.7 Å². The van der Waals surface area contributed by atoms with Gasteiger partial charge in [0.2, 0.25) is 5.82 Å². The molecular weight excluding hydrogens is 198 g/mol. The van der Waals surface area contributed by atoms with E-state index in [1.165, 1.54) is 0 Å². The minimum Gasteiger partial charge on any atom is -0.382 e. The highest BCUT2D eigenvalue weighted by atomic mass is 16.5. The minimum atomic E-state index is -0.898. The van der Waals surface area contributed by atoms with Crippen molar-refractivity contribution in [2.75, 3.05) is 13.2 Å². The molecule has 0 fully saturated rings. The first-order valence-corrected chi connectivity index (χ1v) is 5.06. The van der Waals surface area contributed by atoms with Gasteiger partial charge < -0.3 is 20.1 Å². The third kappa shape index (κ3) is 2.98. The molecule has 0 aliphatic rings. The Balaban J connectivity index is 2.72. The molecule has 0 radical (unpaired) electrons. The zero-order valence-electron chi connectivity index (χ0n) is 9.01. The van der Waals surface area contributed by atoms with Crippen LogP contribution in [-0.2, 0) is 4.74 Å². The van der Waals surface area contributed by atoms with Crippen LogP contribution in [0, 0.1) is 0 Å². The molecule has 15 heavy (non-hydrogen) atoms. The molecule has 0 aliphatic heterocycles. The van der Waals surface area contributed by atoms with Crippen LogP contribution in [0.4, 0.5) is 0 Å². The lowest BCUT2D eigenvalue weighted by molar-refractivity contribution is 0.0518. The molecule has 86 valence electrons. The van der Waals surface area contributed by atoms with E-state index < -0.39 is 6.10 Å². The predicted molar refractivity (Wildman–Crippen MR) is 53.0 cm³/mol. The quantitative estimate of drug-likeness (QED) is 0.719. The van der Waals surface area contributed by atoms with Gasteiger partial charge in [0, 0.05) is 13.2 Å². The summed E-state index contributed by atoms with van der Waals surface area (Å²) in [6, 6.07) is 0. The Morgan fingerprint density at radius 2 is 2.27 bits per heavy atom. The van der Waals surface area contributed by atoms with Gasteiger partial charge in [0.15, 0.2) is 0 Å². The van der Waals surface area contributed by atoms with Gasteiger partial charge in [-0.2, -0.15) is 4.98 Å². The predicted octanol–water partition coefficient (Wildman–Crippen LogP) is 0.549. The van der Waals surface area contributed by atoms with E-state index in [0.717, 1.165) is 6.42 Å². The van der Waals surface area contributed by atoms with Gasteiger partial charge in [-0.25, -0.2) is 0 Å². The van der Waals surface area contributed by atoms with E-state index >= 15 is 0 Å². The fourth-order valence-electron chi connectivity index (χ4n) is 1.19. The number of aromatic nitrogens is 2. The number of hydrogen-bond acceptors (Lipinski definition) is 6. The Bertz CT molecular complexity index is 290. The number of rotatable bonds is 6. The van der Waals surface area contributed by atoms with Crippen molar-refractivity contribution in [2.45, 2.75) is 32.5 Å². The second kappa shape index (κ2) is 5.79. The van der Waals surface area contributed by atoms with Gasteiger partial charge in [-0.1, -0.05) is 12.1 Å². The molecule has 3 N–H and O–H groups in total. The largest absolute Gasteiger partial charge is 0.382 e. The average Bonchev–Trinajstić information content (AvgIpc) is 2.73. The topological polar surface area (TPSA) is 94.4 Å². The summed E-state index contributed by atoms with van der Waals surface area (Å²) in [5.74, 6) is 0.604. The molecule has 1 heterocycles. The van der Waals surface area contributed by atoms with Crippen LogP contribution in [-0.4, -0.2) is 28.4 Å². The highest BCUT2D eigenvalue weighted by Crippen LogP contribution is 2.19. The summed E-state index contributed by atoms with van der Waals surface area (Å²) in [6.45, 7) is 4.52. The zero-order valence-corrected chi connectivity index (χ0v) is 9.01. The van der Waals surface area contributed by atoms with Gasteiger partial charge in [0.05, 0.1) is 0 Å². The summed E-state index contributed by atoms with van der Waals surface area (Å²) in [4.78, 5) is 4.04. The summed E-state index contributed by atoms with van der Waals surface area (Å²) in [7, 11) is 0. The van der Waals surface area contributed by atoms with Crippen molar-refractivity contribution in [3.8, 4) is 0 Å². The van der Waals surface area contributed by atoms with Gasteiger partial charge in [-0.3, -0.25) is 0 Å². The average molecular weight is 215 g/mol. The molecule has 1 rings (SSSR count). The molecule has 1 aromatic rings. The van der Waals surface area contributed by atoms with Gasteiger partial charge in [0.25, 0.3) is 5.89 Å². The first kappa shape index (κ1) is 12.1. The van der Waals surface area contributed by atoms with Crippen LogP contribution in [0.3, 0.4) is 0 Å². The van der Waals surface area contributed by atoms with Gasteiger partial charge in [-0.05, 0) is 13.3 Å². The van der Waals surface area contributed by atoms with Crippen molar-refractivity contribution in [1.29, 1.82) is 0 Å². The molecule has 0 bridgehead atoms. The lowest BCUT2D eigenvalue weighted by atomic mass is 10.2. The highest BCUT2D eigenvalue weighted by Gasteiger charge is 2.19. The van der Waals surface area contributed by atoms with Crippen molar-refractivity contribution < 1.29 is 14.4 Å². The second-order valence-corrected chi connectivity index (χ2v) is 3.09. The standard InChI is InChI=1S/C9H17N3O3/c1-3-7(14-4-2)8-11-9(15-12-8)6(13)5-10/h6-7,13H,3-5,10H2,1-2H3/t6-,7?/m0/s1. The molecule has 0 saturated heterocycles.